The van der Waals surface area contributed by atoms with Crippen molar-refractivity contribution in [1.82, 2.24) is 9.88 Å². The van der Waals surface area contributed by atoms with E-state index in [1.165, 1.54) is 11.1 Å². The highest BCUT2D eigenvalue weighted by Gasteiger charge is 2.14. The van der Waals surface area contributed by atoms with Gasteiger partial charge in [-0.15, -0.1) is 0 Å². The Morgan fingerprint density at radius 1 is 1.18 bits per heavy atom. The highest BCUT2D eigenvalue weighted by atomic mass is 16.5. The fraction of sp³-hybridized carbons (Fsp3) is 0.421. The molecule has 1 aliphatic heterocycles. The van der Waals surface area contributed by atoms with E-state index < -0.39 is 0 Å². The lowest BCUT2D eigenvalue weighted by molar-refractivity contribution is 0.225. The molecule has 3 nitrogen and oxygen atoms in total. The van der Waals surface area contributed by atoms with Crippen LogP contribution in [0.2, 0.25) is 0 Å². The number of ether oxygens (including phenoxy) is 1. The molecule has 1 aromatic heterocycles. The summed E-state index contributed by atoms with van der Waals surface area (Å²) < 4.78 is 5.60. The number of rotatable bonds is 6. The van der Waals surface area contributed by atoms with E-state index in [9.17, 15) is 0 Å². The van der Waals surface area contributed by atoms with Crippen LogP contribution in [0.4, 0.5) is 0 Å². The highest BCUT2D eigenvalue weighted by Crippen LogP contribution is 2.26. The van der Waals surface area contributed by atoms with Crippen molar-refractivity contribution < 1.29 is 4.74 Å². The monoisotopic (exact) mass is 296 g/mol. The minimum atomic E-state index is 0.640. The van der Waals surface area contributed by atoms with Crippen LogP contribution in [0.3, 0.4) is 0 Å². The van der Waals surface area contributed by atoms with Gasteiger partial charge in [0, 0.05) is 32.3 Å². The summed E-state index contributed by atoms with van der Waals surface area (Å²) in [5.74, 6) is 1.70. The normalized spacial score (nSPS) is 13.5. The summed E-state index contributed by atoms with van der Waals surface area (Å²) in [5.41, 5.74) is 3.84. The maximum absolute atomic E-state index is 5.60. The third-order valence-corrected chi connectivity index (χ3v) is 3.90. The van der Waals surface area contributed by atoms with Crippen molar-refractivity contribution in [2.24, 2.45) is 5.92 Å². The van der Waals surface area contributed by atoms with Crippen LogP contribution < -0.4 is 4.74 Å². The van der Waals surface area contributed by atoms with Gasteiger partial charge in [0.05, 0.1) is 12.3 Å². The van der Waals surface area contributed by atoms with Crippen molar-refractivity contribution >= 4 is 0 Å². The quantitative estimate of drug-likeness (QED) is 0.813. The average Bonchev–Trinajstić information content (AvgIpc) is 2.95. The summed E-state index contributed by atoms with van der Waals surface area (Å²) >= 11 is 0. The molecular formula is C19H24N2O. The number of hydrogen-bond donors (Lipinski definition) is 0. The second kappa shape index (κ2) is 6.93. The van der Waals surface area contributed by atoms with E-state index in [2.05, 4.69) is 54.1 Å². The van der Waals surface area contributed by atoms with Crippen molar-refractivity contribution in [3.63, 3.8) is 0 Å². The van der Waals surface area contributed by atoms with Crippen LogP contribution in [0.15, 0.2) is 42.6 Å². The topological polar surface area (TPSA) is 25.4 Å². The van der Waals surface area contributed by atoms with Crippen LogP contribution in [-0.4, -0.2) is 23.0 Å². The first-order valence-electron chi connectivity index (χ1n) is 8.07. The van der Waals surface area contributed by atoms with Gasteiger partial charge in [-0.25, -0.2) is 0 Å². The molecule has 2 heterocycles. The summed E-state index contributed by atoms with van der Waals surface area (Å²) in [6.07, 6.45) is 2.91. The fourth-order valence-corrected chi connectivity index (χ4v) is 3.02. The van der Waals surface area contributed by atoms with Crippen LogP contribution in [-0.2, 0) is 19.5 Å². The molecule has 0 amide bonds. The Balaban J connectivity index is 1.72. The molecule has 3 heteroatoms. The van der Waals surface area contributed by atoms with E-state index >= 15 is 0 Å². The van der Waals surface area contributed by atoms with Crippen molar-refractivity contribution in [1.29, 1.82) is 0 Å². The maximum Gasteiger partial charge on any atom is 0.122 e. The predicted octanol–water partition coefficient (Wildman–Crippen LogP) is 3.67. The van der Waals surface area contributed by atoms with Gasteiger partial charge in [-0.1, -0.05) is 32.0 Å². The third-order valence-electron chi connectivity index (χ3n) is 3.90. The van der Waals surface area contributed by atoms with E-state index in [4.69, 9.17) is 4.74 Å². The number of fused-ring (bicyclic) bond motifs is 1. The number of benzene rings is 1. The smallest absolute Gasteiger partial charge is 0.122 e. The van der Waals surface area contributed by atoms with Gasteiger partial charge >= 0.3 is 0 Å². The highest BCUT2D eigenvalue weighted by molar-refractivity contribution is 5.39. The summed E-state index contributed by atoms with van der Waals surface area (Å²) in [6, 6.07) is 12.7. The summed E-state index contributed by atoms with van der Waals surface area (Å²) in [4.78, 5) is 6.94. The van der Waals surface area contributed by atoms with E-state index in [-0.39, 0.29) is 0 Å². The predicted molar refractivity (Wildman–Crippen MR) is 88.8 cm³/mol. The maximum atomic E-state index is 5.60. The molecule has 0 radical (unpaired) electrons. The second-order valence-electron chi connectivity index (χ2n) is 6.43. The molecular weight excluding hydrogens is 272 g/mol. The molecule has 1 aromatic carbocycles. The first-order valence-corrected chi connectivity index (χ1v) is 8.07. The van der Waals surface area contributed by atoms with Gasteiger partial charge in [-0.2, -0.15) is 0 Å². The van der Waals surface area contributed by atoms with Gasteiger partial charge < -0.3 is 4.74 Å². The average molecular weight is 296 g/mol. The Labute approximate surface area is 132 Å². The molecule has 0 bridgehead atoms. The van der Waals surface area contributed by atoms with Crippen LogP contribution in [0.1, 0.15) is 30.7 Å². The number of hydrogen-bond acceptors (Lipinski definition) is 3. The first kappa shape index (κ1) is 15.0. The zero-order valence-corrected chi connectivity index (χ0v) is 13.5. The van der Waals surface area contributed by atoms with Crippen LogP contribution in [0, 0.1) is 5.92 Å². The van der Waals surface area contributed by atoms with Gasteiger partial charge in [-0.05, 0) is 35.2 Å². The molecule has 0 atom stereocenters. The van der Waals surface area contributed by atoms with Gasteiger partial charge in [0.1, 0.15) is 5.75 Å². The van der Waals surface area contributed by atoms with Gasteiger partial charge in [0.25, 0.3) is 0 Å². The Morgan fingerprint density at radius 2 is 2.09 bits per heavy atom. The molecule has 0 unspecified atom stereocenters. The van der Waals surface area contributed by atoms with Crippen molar-refractivity contribution in [2.45, 2.75) is 33.4 Å². The molecule has 0 N–H and O–H groups in total. The molecule has 1 aliphatic rings. The standard InChI is InChI=1S/C19H24N2O/c1-15(2)12-21(14-18-5-3-4-9-20-18)13-16-6-7-19-17(11-16)8-10-22-19/h3-7,9,11,15H,8,10,12-14H2,1-2H3. The van der Waals surface area contributed by atoms with Crippen molar-refractivity contribution in [2.75, 3.05) is 13.2 Å². The minimum Gasteiger partial charge on any atom is -0.493 e. The van der Waals surface area contributed by atoms with Crippen LogP contribution in [0.5, 0.6) is 5.75 Å². The van der Waals surface area contributed by atoms with Crippen LogP contribution >= 0.6 is 0 Å². The Bertz CT molecular complexity index is 610. The molecule has 116 valence electrons. The molecule has 0 saturated heterocycles. The molecule has 2 aromatic rings. The van der Waals surface area contributed by atoms with E-state index in [0.717, 1.165) is 44.1 Å². The summed E-state index contributed by atoms with van der Waals surface area (Å²) in [7, 11) is 0. The molecule has 0 spiro atoms. The van der Waals surface area contributed by atoms with Crippen molar-refractivity contribution in [3.05, 3.63) is 59.4 Å². The Morgan fingerprint density at radius 3 is 2.86 bits per heavy atom. The molecule has 3 rings (SSSR count). The Kier molecular flexibility index (Phi) is 4.74. The van der Waals surface area contributed by atoms with Crippen molar-refractivity contribution in [3.8, 4) is 5.75 Å². The summed E-state index contributed by atoms with van der Waals surface area (Å²) in [5, 5.41) is 0. The lowest BCUT2D eigenvalue weighted by atomic mass is 10.1. The van der Waals surface area contributed by atoms with E-state index in [0.29, 0.717) is 5.92 Å². The largest absolute Gasteiger partial charge is 0.493 e. The number of pyridine rings is 1. The SMILES string of the molecule is CC(C)CN(Cc1ccc2c(c1)CCO2)Cc1ccccn1. The van der Waals surface area contributed by atoms with Crippen LogP contribution in [0.25, 0.3) is 0 Å². The molecule has 0 fully saturated rings. The van der Waals surface area contributed by atoms with E-state index in [1.54, 1.807) is 0 Å². The fourth-order valence-electron chi connectivity index (χ4n) is 3.02. The first-order chi connectivity index (χ1) is 10.7. The minimum absolute atomic E-state index is 0.640. The number of nitrogens with zero attached hydrogens (tertiary/aromatic N) is 2. The lowest BCUT2D eigenvalue weighted by Crippen LogP contribution is -2.27. The van der Waals surface area contributed by atoms with E-state index in [1.807, 2.05) is 12.3 Å². The number of aromatic nitrogens is 1. The molecule has 22 heavy (non-hydrogen) atoms. The Hall–Kier alpha value is -1.87. The second-order valence-corrected chi connectivity index (χ2v) is 6.43. The van der Waals surface area contributed by atoms with Gasteiger partial charge in [-0.3, -0.25) is 9.88 Å². The summed E-state index contributed by atoms with van der Waals surface area (Å²) in [6.45, 7) is 8.28. The van der Waals surface area contributed by atoms with Gasteiger partial charge in [0.15, 0.2) is 0 Å². The molecule has 0 aliphatic carbocycles. The lowest BCUT2D eigenvalue weighted by Gasteiger charge is -2.24. The third kappa shape index (κ3) is 3.86. The zero-order valence-electron chi connectivity index (χ0n) is 13.5. The zero-order chi connectivity index (χ0) is 15.4. The van der Waals surface area contributed by atoms with Gasteiger partial charge in [0.2, 0.25) is 0 Å². The molecule has 0 saturated carbocycles.